The molecule has 1 rings (SSSR count). The number of benzene rings is 1. The van der Waals surface area contributed by atoms with Gasteiger partial charge < -0.3 is 10.1 Å². The van der Waals surface area contributed by atoms with E-state index in [1.165, 1.54) is 6.07 Å². The van der Waals surface area contributed by atoms with E-state index in [0.29, 0.717) is 6.54 Å². The highest BCUT2D eigenvalue weighted by atomic mass is 19.1. The van der Waals surface area contributed by atoms with Gasteiger partial charge in [0.25, 0.3) is 0 Å². The molecule has 1 aromatic carbocycles. The second-order valence-corrected chi connectivity index (χ2v) is 3.83. The molecule has 0 aromatic heterocycles. The molecule has 1 N–H and O–H groups in total. The van der Waals surface area contributed by atoms with E-state index in [4.69, 9.17) is 10.00 Å². The fourth-order valence-electron chi connectivity index (χ4n) is 1.38. The van der Waals surface area contributed by atoms with Crippen molar-refractivity contribution < 1.29 is 9.13 Å². The summed E-state index contributed by atoms with van der Waals surface area (Å²) in [6.45, 7) is 5.20. The highest BCUT2D eigenvalue weighted by Gasteiger charge is 2.08. The van der Waals surface area contributed by atoms with Crippen LogP contribution in [0.1, 0.15) is 25.8 Å². The lowest BCUT2D eigenvalue weighted by Crippen LogP contribution is -2.14. The van der Waals surface area contributed by atoms with E-state index in [0.717, 1.165) is 18.5 Å². The van der Waals surface area contributed by atoms with E-state index < -0.39 is 11.9 Å². The van der Waals surface area contributed by atoms with Gasteiger partial charge in [0, 0.05) is 6.54 Å². The van der Waals surface area contributed by atoms with Crippen molar-refractivity contribution in [2.24, 2.45) is 0 Å². The molecule has 3 nitrogen and oxygen atoms in total. The number of halogens is 1. The van der Waals surface area contributed by atoms with Crippen molar-refractivity contribution in [1.82, 2.24) is 5.32 Å². The van der Waals surface area contributed by atoms with Crippen molar-refractivity contribution in [2.45, 2.75) is 32.9 Å². The molecule has 0 radical (unpaired) electrons. The van der Waals surface area contributed by atoms with E-state index >= 15 is 0 Å². The van der Waals surface area contributed by atoms with Crippen molar-refractivity contribution in [3.63, 3.8) is 0 Å². The standard InChI is InChI=1S/C13H17FN2O/c1-3-6-16-9-11-4-5-13(12(14)7-11)17-10(2)8-15/h4-5,7,10,16H,3,6,9H2,1-2H3. The lowest BCUT2D eigenvalue weighted by Gasteiger charge is -2.10. The van der Waals surface area contributed by atoms with E-state index in [2.05, 4.69) is 12.2 Å². The van der Waals surface area contributed by atoms with Crippen LogP contribution in [0.15, 0.2) is 18.2 Å². The minimum atomic E-state index is -0.645. The third-order valence-corrected chi connectivity index (χ3v) is 2.24. The van der Waals surface area contributed by atoms with Crippen LogP contribution >= 0.6 is 0 Å². The molecule has 0 spiro atoms. The third-order valence-electron chi connectivity index (χ3n) is 2.24. The molecular formula is C13H17FN2O. The number of nitrogens with zero attached hydrogens (tertiary/aromatic N) is 1. The summed E-state index contributed by atoms with van der Waals surface area (Å²) in [7, 11) is 0. The van der Waals surface area contributed by atoms with Crippen LogP contribution in [-0.2, 0) is 6.54 Å². The monoisotopic (exact) mass is 236 g/mol. The number of ether oxygens (including phenoxy) is 1. The zero-order valence-electron chi connectivity index (χ0n) is 10.2. The lowest BCUT2D eigenvalue weighted by molar-refractivity contribution is 0.263. The van der Waals surface area contributed by atoms with Gasteiger partial charge in [-0.05, 0) is 37.6 Å². The Labute approximate surface area is 101 Å². The van der Waals surface area contributed by atoms with Crippen LogP contribution in [0.5, 0.6) is 5.75 Å². The molecule has 0 heterocycles. The summed E-state index contributed by atoms with van der Waals surface area (Å²) < 4.78 is 18.7. The average Bonchev–Trinajstić information content (AvgIpc) is 2.32. The fourth-order valence-corrected chi connectivity index (χ4v) is 1.38. The van der Waals surface area contributed by atoms with Gasteiger partial charge in [0.2, 0.25) is 0 Å². The third kappa shape index (κ3) is 4.41. The number of rotatable bonds is 6. The van der Waals surface area contributed by atoms with Crippen molar-refractivity contribution >= 4 is 0 Å². The number of nitrogens with one attached hydrogen (secondary N) is 1. The first-order chi connectivity index (χ1) is 8.17. The summed E-state index contributed by atoms with van der Waals surface area (Å²) in [6, 6.07) is 6.69. The van der Waals surface area contributed by atoms with Crippen LogP contribution in [0.3, 0.4) is 0 Å². The molecular weight excluding hydrogens is 219 g/mol. The Kier molecular flexibility index (Phi) is 5.44. The van der Waals surface area contributed by atoms with Gasteiger partial charge in [-0.2, -0.15) is 5.26 Å². The average molecular weight is 236 g/mol. The molecule has 0 saturated carbocycles. The zero-order valence-corrected chi connectivity index (χ0v) is 10.2. The van der Waals surface area contributed by atoms with Crippen molar-refractivity contribution in [3.8, 4) is 11.8 Å². The molecule has 0 fully saturated rings. The first-order valence-electron chi connectivity index (χ1n) is 5.72. The van der Waals surface area contributed by atoms with Gasteiger partial charge in [-0.1, -0.05) is 13.0 Å². The Morgan fingerprint density at radius 1 is 1.53 bits per heavy atom. The molecule has 1 aromatic rings. The normalized spacial score (nSPS) is 11.9. The molecule has 0 amide bonds. The van der Waals surface area contributed by atoms with Crippen LogP contribution in [0.4, 0.5) is 4.39 Å². The maximum Gasteiger partial charge on any atom is 0.181 e. The van der Waals surface area contributed by atoms with E-state index in [-0.39, 0.29) is 5.75 Å². The van der Waals surface area contributed by atoms with E-state index in [1.54, 1.807) is 19.1 Å². The van der Waals surface area contributed by atoms with Gasteiger partial charge >= 0.3 is 0 Å². The number of hydrogen-bond donors (Lipinski definition) is 1. The summed E-state index contributed by atoms with van der Waals surface area (Å²) in [4.78, 5) is 0. The number of hydrogen-bond acceptors (Lipinski definition) is 3. The predicted octanol–water partition coefficient (Wildman–Crippen LogP) is 2.62. The maximum atomic E-state index is 13.6. The first-order valence-corrected chi connectivity index (χ1v) is 5.72. The number of nitriles is 1. The van der Waals surface area contributed by atoms with E-state index in [1.807, 2.05) is 6.07 Å². The molecule has 17 heavy (non-hydrogen) atoms. The van der Waals surface area contributed by atoms with Crippen LogP contribution in [0, 0.1) is 17.1 Å². The minimum absolute atomic E-state index is 0.123. The summed E-state index contributed by atoms with van der Waals surface area (Å²) in [5, 5.41) is 11.8. The summed E-state index contributed by atoms with van der Waals surface area (Å²) >= 11 is 0. The van der Waals surface area contributed by atoms with Gasteiger partial charge in [0.1, 0.15) is 6.07 Å². The highest BCUT2D eigenvalue weighted by molar-refractivity contribution is 5.29. The van der Waals surface area contributed by atoms with Gasteiger partial charge in [0.05, 0.1) is 0 Å². The van der Waals surface area contributed by atoms with Gasteiger partial charge in [-0.15, -0.1) is 0 Å². The quantitative estimate of drug-likeness (QED) is 0.772. The molecule has 92 valence electrons. The van der Waals surface area contributed by atoms with Gasteiger partial charge in [0.15, 0.2) is 17.7 Å². The maximum absolute atomic E-state index is 13.6. The molecule has 0 bridgehead atoms. The van der Waals surface area contributed by atoms with Crippen LogP contribution in [0.2, 0.25) is 0 Å². The largest absolute Gasteiger partial charge is 0.473 e. The van der Waals surface area contributed by atoms with Gasteiger partial charge in [-0.3, -0.25) is 0 Å². The Hall–Kier alpha value is -1.60. The van der Waals surface area contributed by atoms with Crippen molar-refractivity contribution in [3.05, 3.63) is 29.6 Å². The smallest absolute Gasteiger partial charge is 0.181 e. The Morgan fingerprint density at radius 3 is 2.88 bits per heavy atom. The Bertz CT molecular complexity index is 401. The molecule has 1 unspecified atom stereocenters. The van der Waals surface area contributed by atoms with Crippen molar-refractivity contribution in [1.29, 1.82) is 5.26 Å². The van der Waals surface area contributed by atoms with E-state index in [9.17, 15) is 4.39 Å². The SMILES string of the molecule is CCCNCc1ccc(OC(C)C#N)c(F)c1. The first kappa shape index (κ1) is 13.5. The highest BCUT2D eigenvalue weighted by Crippen LogP contribution is 2.19. The molecule has 0 aliphatic carbocycles. The molecule has 0 aliphatic heterocycles. The second kappa shape index (κ2) is 6.87. The summed E-state index contributed by atoms with van der Waals surface area (Å²) in [5.74, 6) is -0.304. The molecule has 0 saturated heterocycles. The predicted molar refractivity (Wildman–Crippen MR) is 64.1 cm³/mol. The van der Waals surface area contributed by atoms with Crippen LogP contribution in [-0.4, -0.2) is 12.6 Å². The van der Waals surface area contributed by atoms with Crippen molar-refractivity contribution in [2.75, 3.05) is 6.54 Å². The van der Waals surface area contributed by atoms with Crippen LogP contribution < -0.4 is 10.1 Å². The Morgan fingerprint density at radius 2 is 2.29 bits per heavy atom. The minimum Gasteiger partial charge on any atom is -0.473 e. The summed E-state index contributed by atoms with van der Waals surface area (Å²) in [6.07, 6.45) is 0.400. The van der Waals surface area contributed by atoms with Crippen LogP contribution in [0.25, 0.3) is 0 Å². The summed E-state index contributed by atoms with van der Waals surface area (Å²) in [5.41, 5.74) is 0.868. The molecule has 1 atom stereocenters. The zero-order chi connectivity index (χ0) is 12.7. The Balaban J connectivity index is 2.63. The van der Waals surface area contributed by atoms with Gasteiger partial charge in [-0.25, -0.2) is 4.39 Å². The fraction of sp³-hybridized carbons (Fsp3) is 0.462. The lowest BCUT2D eigenvalue weighted by atomic mass is 10.2. The molecule has 0 aliphatic rings. The topological polar surface area (TPSA) is 45.0 Å². The molecule has 4 heteroatoms. The second-order valence-electron chi connectivity index (χ2n) is 3.83.